The number of amides is 2. The number of rotatable bonds is 5. The van der Waals surface area contributed by atoms with Crippen LogP contribution in [0.2, 0.25) is 0 Å². The van der Waals surface area contributed by atoms with E-state index in [1.807, 2.05) is 0 Å². The largest absolute Gasteiger partial charge is 0.467 e. The van der Waals surface area contributed by atoms with Gasteiger partial charge in [-0.3, -0.25) is 5.32 Å². The summed E-state index contributed by atoms with van der Waals surface area (Å²) < 4.78 is 61.9. The average molecular weight is 443 g/mol. The van der Waals surface area contributed by atoms with Crippen LogP contribution in [-0.2, 0) is 26.3 Å². The van der Waals surface area contributed by atoms with E-state index in [2.05, 4.69) is 20.3 Å². The number of aromatic nitrogens is 3. The molecule has 1 unspecified atom stereocenters. The number of sulfone groups is 1. The van der Waals surface area contributed by atoms with Gasteiger partial charge in [0, 0.05) is 0 Å². The zero-order chi connectivity index (χ0) is 21.4. The molecule has 2 N–H and O–H groups in total. The van der Waals surface area contributed by atoms with Gasteiger partial charge in [-0.15, -0.1) is 4.98 Å². The molecule has 0 spiro atoms. The van der Waals surface area contributed by atoms with Crippen molar-refractivity contribution in [2.24, 2.45) is 0 Å². The fourth-order valence-corrected chi connectivity index (χ4v) is 6.14. The zero-order valence-electron chi connectivity index (χ0n) is 15.5. The normalized spacial score (nSPS) is 17.3. The fourth-order valence-electron chi connectivity index (χ4n) is 2.76. The Morgan fingerprint density at radius 1 is 1.14 bits per heavy atom. The molecular formula is C15H17N5O7S2. The van der Waals surface area contributed by atoms with E-state index in [9.17, 15) is 21.6 Å². The Kier molecular flexibility index (Phi) is 5.32. The standard InChI is InChI=1S/C15H17N5O7S2/c1-8-7-9-5-4-6-10(11(9)28(8,22)23)29(24,25)20-13(21)16-12-17-14(26-2)19-15(18-12)27-3/h4-6,8H,7H2,1-3H3,(H2,16,17,18,19,20,21). The molecule has 2 aromatic rings. The Morgan fingerprint density at radius 3 is 2.34 bits per heavy atom. The molecule has 1 aromatic carbocycles. The number of benzene rings is 1. The Labute approximate surface area is 166 Å². The number of hydrogen-bond acceptors (Lipinski definition) is 10. The maximum atomic E-state index is 12.7. The number of anilines is 1. The first kappa shape index (κ1) is 20.7. The number of carbonyl (C=O) groups excluding carboxylic acids is 1. The predicted molar refractivity (Wildman–Crippen MR) is 99.1 cm³/mol. The third-order valence-corrected chi connectivity index (χ3v) is 7.86. The van der Waals surface area contributed by atoms with Crippen molar-refractivity contribution < 1.29 is 31.1 Å². The van der Waals surface area contributed by atoms with Crippen LogP contribution in [0.1, 0.15) is 12.5 Å². The van der Waals surface area contributed by atoms with Crippen molar-refractivity contribution in [1.82, 2.24) is 19.7 Å². The summed E-state index contributed by atoms with van der Waals surface area (Å²) in [5, 5.41) is 1.36. The highest BCUT2D eigenvalue weighted by Crippen LogP contribution is 2.35. The van der Waals surface area contributed by atoms with Crippen molar-refractivity contribution >= 4 is 31.8 Å². The van der Waals surface area contributed by atoms with E-state index >= 15 is 0 Å². The number of methoxy groups -OCH3 is 2. The Hall–Kier alpha value is -3.00. The number of hydrogen-bond donors (Lipinski definition) is 2. The molecule has 1 aromatic heterocycles. The molecule has 3 rings (SSSR count). The smallest absolute Gasteiger partial charge is 0.335 e. The lowest BCUT2D eigenvalue weighted by atomic mass is 10.1. The Balaban J connectivity index is 1.89. The highest BCUT2D eigenvalue weighted by Gasteiger charge is 2.39. The van der Waals surface area contributed by atoms with Crippen LogP contribution in [0.5, 0.6) is 12.0 Å². The first-order chi connectivity index (χ1) is 13.6. The number of urea groups is 1. The minimum atomic E-state index is -4.51. The molecule has 1 aliphatic rings. The van der Waals surface area contributed by atoms with Crippen LogP contribution in [0, 0.1) is 0 Å². The molecule has 14 heteroatoms. The van der Waals surface area contributed by atoms with Crippen LogP contribution in [0.3, 0.4) is 0 Å². The number of ether oxygens (including phenoxy) is 2. The fraction of sp³-hybridized carbons (Fsp3) is 0.333. The minimum absolute atomic E-state index is 0.170. The third-order valence-electron chi connectivity index (χ3n) is 4.08. The summed E-state index contributed by atoms with van der Waals surface area (Å²) in [5.41, 5.74) is 0.382. The van der Waals surface area contributed by atoms with Gasteiger partial charge in [-0.25, -0.2) is 26.4 Å². The lowest BCUT2D eigenvalue weighted by Crippen LogP contribution is -2.35. The molecule has 29 heavy (non-hydrogen) atoms. The van der Waals surface area contributed by atoms with E-state index < -0.39 is 36.0 Å². The van der Waals surface area contributed by atoms with Gasteiger partial charge in [-0.2, -0.15) is 9.97 Å². The second-order valence-corrected chi connectivity index (χ2v) is 9.95. The van der Waals surface area contributed by atoms with Gasteiger partial charge in [0.25, 0.3) is 10.0 Å². The molecule has 0 aliphatic carbocycles. The highest BCUT2D eigenvalue weighted by molar-refractivity contribution is 7.94. The van der Waals surface area contributed by atoms with Crippen molar-refractivity contribution in [3.8, 4) is 12.0 Å². The molecule has 0 saturated heterocycles. The van der Waals surface area contributed by atoms with Crippen molar-refractivity contribution in [1.29, 1.82) is 0 Å². The summed E-state index contributed by atoms with van der Waals surface area (Å²) >= 11 is 0. The summed E-state index contributed by atoms with van der Waals surface area (Å²) in [7, 11) is -5.78. The van der Waals surface area contributed by atoms with Crippen LogP contribution in [0.25, 0.3) is 0 Å². The minimum Gasteiger partial charge on any atom is -0.467 e. The van der Waals surface area contributed by atoms with Gasteiger partial charge in [0.15, 0.2) is 9.84 Å². The van der Waals surface area contributed by atoms with E-state index in [0.29, 0.717) is 5.56 Å². The van der Waals surface area contributed by atoms with E-state index in [4.69, 9.17) is 9.47 Å². The van der Waals surface area contributed by atoms with E-state index in [1.165, 1.54) is 27.2 Å². The van der Waals surface area contributed by atoms with Crippen LogP contribution >= 0.6 is 0 Å². The highest BCUT2D eigenvalue weighted by atomic mass is 32.2. The quantitative estimate of drug-likeness (QED) is 0.647. The molecule has 0 saturated carbocycles. The van der Waals surface area contributed by atoms with E-state index in [0.717, 1.165) is 6.07 Å². The Bertz CT molecular complexity index is 1160. The average Bonchev–Trinajstić information content (AvgIpc) is 2.89. The summed E-state index contributed by atoms with van der Waals surface area (Å²) in [6.45, 7) is 1.49. The van der Waals surface area contributed by atoms with Crippen LogP contribution < -0.4 is 19.5 Å². The SMILES string of the molecule is COc1nc(NC(=O)NS(=O)(=O)c2cccc3c2S(=O)(=O)C(C)C3)nc(OC)n1. The summed E-state index contributed by atoms with van der Waals surface area (Å²) in [6.07, 6.45) is 0.192. The topological polar surface area (TPSA) is 167 Å². The summed E-state index contributed by atoms with van der Waals surface area (Å²) in [4.78, 5) is 22.6. The van der Waals surface area contributed by atoms with E-state index in [-0.39, 0.29) is 29.3 Å². The maximum Gasteiger partial charge on any atom is 0.335 e. The molecule has 1 atom stereocenters. The van der Waals surface area contributed by atoms with Gasteiger partial charge in [0.2, 0.25) is 5.95 Å². The van der Waals surface area contributed by atoms with Crippen molar-refractivity contribution in [2.45, 2.75) is 28.4 Å². The maximum absolute atomic E-state index is 12.7. The molecule has 0 fully saturated rings. The van der Waals surface area contributed by atoms with Crippen molar-refractivity contribution in [2.75, 3.05) is 19.5 Å². The van der Waals surface area contributed by atoms with Crippen molar-refractivity contribution in [3.63, 3.8) is 0 Å². The van der Waals surface area contributed by atoms with Crippen LogP contribution in [0.4, 0.5) is 10.7 Å². The molecule has 2 heterocycles. The van der Waals surface area contributed by atoms with Gasteiger partial charge in [-0.05, 0) is 25.0 Å². The number of nitrogens with one attached hydrogen (secondary N) is 2. The number of carbonyl (C=O) groups is 1. The lowest BCUT2D eigenvalue weighted by molar-refractivity contribution is 0.256. The van der Waals surface area contributed by atoms with Crippen LogP contribution in [0.15, 0.2) is 28.0 Å². The van der Waals surface area contributed by atoms with Crippen LogP contribution in [-0.4, -0.2) is 57.3 Å². The zero-order valence-corrected chi connectivity index (χ0v) is 17.2. The van der Waals surface area contributed by atoms with Gasteiger partial charge in [0.05, 0.1) is 24.4 Å². The molecule has 0 radical (unpaired) electrons. The summed E-state index contributed by atoms with van der Waals surface area (Å²) in [6, 6.07) is 2.53. The summed E-state index contributed by atoms with van der Waals surface area (Å²) in [5.74, 6) is -0.332. The second kappa shape index (κ2) is 7.44. The predicted octanol–water partition coefficient (Wildman–Crippen LogP) is 0.117. The van der Waals surface area contributed by atoms with Gasteiger partial charge in [0.1, 0.15) is 4.90 Å². The molecule has 156 valence electrons. The first-order valence-corrected chi connectivity index (χ1v) is 11.1. The number of sulfonamides is 1. The first-order valence-electron chi connectivity index (χ1n) is 8.12. The van der Waals surface area contributed by atoms with Gasteiger partial charge in [-0.1, -0.05) is 12.1 Å². The van der Waals surface area contributed by atoms with E-state index in [1.54, 1.807) is 10.8 Å². The molecule has 12 nitrogen and oxygen atoms in total. The third kappa shape index (κ3) is 3.93. The Morgan fingerprint density at radius 2 is 1.76 bits per heavy atom. The monoisotopic (exact) mass is 443 g/mol. The van der Waals surface area contributed by atoms with Gasteiger partial charge >= 0.3 is 18.1 Å². The second-order valence-electron chi connectivity index (χ2n) is 6.00. The molecule has 2 amide bonds. The number of fused-ring (bicyclic) bond motifs is 1. The van der Waals surface area contributed by atoms with Gasteiger partial charge < -0.3 is 9.47 Å². The molecule has 0 bridgehead atoms. The molecular weight excluding hydrogens is 426 g/mol. The lowest BCUT2D eigenvalue weighted by Gasteiger charge is -2.11. The molecule has 1 aliphatic heterocycles. The van der Waals surface area contributed by atoms with Crippen molar-refractivity contribution in [3.05, 3.63) is 23.8 Å². The number of nitrogens with zero attached hydrogens (tertiary/aromatic N) is 3.